The Kier molecular flexibility index (Phi) is 8.44. The number of anilines is 2. The van der Waals surface area contributed by atoms with E-state index in [1.807, 2.05) is 55.6 Å². The number of carbonyl (C=O) groups is 1. The van der Waals surface area contributed by atoms with E-state index in [1.54, 1.807) is 0 Å². The average Bonchev–Trinajstić information content (AvgIpc) is 3.51. The van der Waals surface area contributed by atoms with E-state index in [1.165, 1.54) is 5.69 Å². The van der Waals surface area contributed by atoms with Gasteiger partial charge in [-0.25, -0.2) is 0 Å². The Morgan fingerprint density at radius 3 is 2.49 bits per heavy atom. The van der Waals surface area contributed by atoms with Crippen LogP contribution in [0.4, 0.5) is 11.4 Å². The number of carbonyl (C=O) groups excluding carboxylic acids is 1. The summed E-state index contributed by atoms with van der Waals surface area (Å²) in [5.41, 5.74) is 8.60. The first kappa shape index (κ1) is 28.9. The Morgan fingerprint density at radius 1 is 1.00 bits per heavy atom. The number of nitrogens with zero attached hydrogens (tertiary/aromatic N) is 4. The molecular weight excluding hydrogens is 556 g/mol. The zero-order valence-corrected chi connectivity index (χ0v) is 25.7. The van der Waals surface area contributed by atoms with Gasteiger partial charge in [-0.2, -0.15) is 0 Å². The Bertz CT molecular complexity index is 1600. The van der Waals surface area contributed by atoms with Crippen LogP contribution in [0.2, 0.25) is 0 Å². The van der Waals surface area contributed by atoms with Crippen LogP contribution in [-0.2, 0) is 9.53 Å². The van der Waals surface area contributed by atoms with Crippen LogP contribution in [0.5, 0.6) is 0 Å². The van der Waals surface area contributed by atoms with E-state index in [4.69, 9.17) is 17.0 Å². The summed E-state index contributed by atoms with van der Waals surface area (Å²) in [5.74, 6) is -0.0423. The second-order valence-electron chi connectivity index (χ2n) is 11.3. The maximum absolute atomic E-state index is 13.0. The molecule has 2 aromatic carbocycles. The van der Waals surface area contributed by atoms with Crippen molar-refractivity contribution in [3.8, 4) is 5.69 Å². The van der Waals surface area contributed by atoms with Gasteiger partial charge in [0.1, 0.15) is 0 Å². The molecule has 8 nitrogen and oxygen atoms in total. The van der Waals surface area contributed by atoms with Gasteiger partial charge < -0.3 is 29.7 Å². The lowest BCUT2D eigenvalue weighted by Gasteiger charge is -2.29. The summed E-state index contributed by atoms with van der Waals surface area (Å²) < 4.78 is 7.83. The molecule has 4 heterocycles. The number of aryl methyl sites for hydroxylation is 2. The largest absolute Gasteiger partial charge is 0.378 e. The summed E-state index contributed by atoms with van der Waals surface area (Å²) in [6.07, 6.45) is 2.12. The number of morpholine rings is 1. The van der Waals surface area contributed by atoms with Crippen molar-refractivity contribution in [2.45, 2.75) is 39.3 Å². The van der Waals surface area contributed by atoms with Gasteiger partial charge in [-0.3, -0.25) is 9.78 Å². The van der Waals surface area contributed by atoms with Crippen LogP contribution in [0.3, 0.4) is 0 Å². The van der Waals surface area contributed by atoms with Crippen LogP contribution in [0.25, 0.3) is 5.69 Å². The summed E-state index contributed by atoms with van der Waals surface area (Å²) >= 11 is 5.88. The molecule has 2 atom stereocenters. The van der Waals surface area contributed by atoms with Gasteiger partial charge in [-0.05, 0) is 98.7 Å². The average molecular weight is 595 g/mol. The predicted octanol–water partition coefficient (Wildman–Crippen LogP) is 5.64. The normalized spacial score (nSPS) is 18.5. The van der Waals surface area contributed by atoms with Crippen LogP contribution in [0, 0.1) is 20.8 Å². The van der Waals surface area contributed by atoms with Gasteiger partial charge in [-0.1, -0.05) is 18.2 Å². The molecule has 0 spiro atoms. The Labute approximate surface area is 258 Å². The molecule has 1 amide bonds. The van der Waals surface area contributed by atoms with Crippen molar-refractivity contribution >= 4 is 34.6 Å². The number of ether oxygens (including phenoxy) is 1. The van der Waals surface area contributed by atoms with Gasteiger partial charge in [0.05, 0.1) is 31.0 Å². The molecule has 0 radical (unpaired) electrons. The molecule has 9 heteroatoms. The number of benzene rings is 2. The molecule has 222 valence electrons. The highest BCUT2D eigenvalue weighted by atomic mass is 32.1. The highest BCUT2D eigenvalue weighted by molar-refractivity contribution is 7.80. The molecule has 4 aromatic rings. The summed E-state index contributed by atoms with van der Waals surface area (Å²) in [7, 11) is 0. The molecule has 0 saturated carbocycles. The first-order valence-corrected chi connectivity index (χ1v) is 15.3. The van der Waals surface area contributed by atoms with Crippen LogP contribution in [-0.4, -0.2) is 58.3 Å². The molecule has 2 saturated heterocycles. The molecule has 2 aliphatic rings. The fourth-order valence-corrected chi connectivity index (χ4v) is 6.60. The summed E-state index contributed by atoms with van der Waals surface area (Å²) in [5, 5.41) is 7.19. The Balaban J connectivity index is 1.28. The zero-order chi connectivity index (χ0) is 29.9. The lowest BCUT2D eigenvalue weighted by atomic mass is 9.96. The highest BCUT2D eigenvalue weighted by Crippen LogP contribution is 2.41. The maximum atomic E-state index is 13.0. The van der Waals surface area contributed by atoms with E-state index in [0.717, 1.165) is 65.9 Å². The molecule has 2 aliphatic heterocycles. The number of nitrogens with one attached hydrogen (secondary N) is 2. The third-order valence-electron chi connectivity index (χ3n) is 8.35. The van der Waals surface area contributed by atoms with Crippen molar-refractivity contribution in [2.24, 2.45) is 0 Å². The molecule has 2 fully saturated rings. The molecule has 0 bridgehead atoms. The number of pyridine rings is 1. The van der Waals surface area contributed by atoms with Gasteiger partial charge >= 0.3 is 0 Å². The minimum absolute atomic E-state index is 0.0423. The summed E-state index contributed by atoms with van der Waals surface area (Å²) in [4.78, 5) is 22.2. The number of aromatic nitrogens is 2. The predicted molar refractivity (Wildman–Crippen MR) is 175 cm³/mol. The molecule has 2 N–H and O–H groups in total. The summed E-state index contributed by atoms with van der Waals surface area (Å²) in [6.45, 7) is 10.1. The number of rotatable bonds is 8. The van der Waals surface area contributed by atoms with Gasteiger partial charge in [0, 0.05) is 60.7 Å². The van der Waals surface area contributed by atoms with E-state index in [9.17, 15) is 4.79 Å². The van der Waals surface area contributed by atoms with Crippen molar-refractivity contribution in [3.63, 3.8) is 0 Å². The number of amides is 1. The molecule has 2 aromatic heterocycles. The minimum Gasteiger partial charge on any atom is -0.378 e. The molecular formula is C34H38N6O2S. The van der Waals surface area contributed by atoms with Gasteiger partial charge in [-0.15, -0.1) is 0 Å². The standard InChI is InChI=1S/C34H38N6O2S/c1-23-7-6-8-26(21-23)36-31(41)14-16-39-33(32(37-34(39)43)30-9-4-5-15-35-30)29-22-24(2)40(25(29)3)28-12-10-27(11-13-28)38-17-19-42-20-18-38/h4-13,15,21-22,32-33H,14,16-20H2,1-3H3,(H,36,41)(H,37,43)/t32-,33-/m1/s1. The molecule has 43 heavy (non-hydrogen) atoms. The molecule has 6 rings (SSSR count). The Morgan fingerprint density at radius 2 is 1.77 bits per heavy atom. The quantitative estimate of drug-likeness (QED) is 0.256. The van der Waals surface area contributed by atoms with E-state index in [-0.39, 0.29) is 18.0 Å². The smallest absolute Gasteiger partial charge is 0.226 e. The lowest BCUT2D eigenvalue weighted by molar-refractivity contribution is -0.116. The maximum Gasteiger partial charge on any atom is 0.226 e. The van der Waals surface area contributed by atoms with Crippen LogP contribution < -0.4 is 15.5 Å². The van der Waals surface area contributed by atoms with E-state index in [2.05, 4.69) is 74.2 Å². The SMILES string of the molecule is Cc1cccc(NC(=O)CCN2C(=S)N[C@H](c3ccccn3)[C@H]2c2cc(C)n(-c3ccc(N4CCOCC4)cc3)c2C)c1. The van der Waals surface area contributed by atoms with Crippen molar-refractivity contribution < 1.29 is 9.53 Å². The second kappa shape index (κ2) is 12.6. The number of hydrogen-bond donors (Lipinski definition) is 2. The first-order valence-electron chi connectivity index (χ1n) is 14.9. The van der Waals surface area contributed by atoms with Gasteiger partial charge in [0.2, 0.25) is 5.91 Å². The summed E-state index contributed by atoms with van der Waals surface area (Å²) in [6, 6.07) is 24.6. The second-order valence-corrected chi connectivity index (χ2v) is 11.7. The van der Waals surface area contributed by atoms with E-state index < -0.39 is 0 Å². The fraction of sp³-hybridized carbons (Fsp3) is 0.324. The lowest BCUT2D eigenvalue weighted by Crippen LogP contribution is -2.36. The topological polar surface area (TPSA) is 74.7 Å². The van der Waals surface area contributed by atoms with E-state index in [0.29, 0.717) is 18.1 Å². The Hall–Kier alpha value is -4.21. The van der Waals surface area contributed by atoms with Gasteiger partial charge in [0.15, 0.2) is 5.11 Å². The highest BCUT2D eigenvalue weighted by Gasteiger charge is 2.41. The molecule has 0 aliphatic carbocycles. The number of hydrogen-bond acceptors (Lipinski definition) is 5. The van der Waals surface area contributed by atoms with Gasteiger partial charge in [0.25, 0.3) is 0 Å². The fourth-order valence-electron chi connectivity index (χ4n) is 6.27. The van der Waals surface area contributed by atoms with Crippen LogP contribution >= 0.6 is 12.2 Å². The van der Waals surface area contributed by atoms with E-state index >= 15 is 0 Å². The van der Waals surface area contributed by atoms with Crippen LogP contribution in [0.1, 0.15) is 46.7 Å². The first-order chi connectivity index (χ1) is 20.9. The minimum atomic E-state index is -0.147. The van der Waals surface area contributed by atoms with Crippen molar-refractivity contribution in [1.82, 2.24) is 19.8 Å². The van der Waals surface area contributed by atoms with Crippen LogP contribution in [0.15, 0.2) is 79.0 Å². The third kappa shape index (κ3) is 6.14. The third-order valence-corrected chi connectivity index (χ3v) is 8.70. The number of thiocarbonyl (C=S) groups is 1. The zero-order valence-electron chi connectivity index (χ0n) is 24.9. The van der Waals surface area contributed by atoms with Crippen molar-refractivity contribution in [3.05, 3.63) is 107 Å². The van der Waals surface area contributed by atoms with Crippen molar-refractivity contribution in [2.75, 3.05) is 43.1 Å². The monoisotopic (exact) mass is 594 g/mol. The molecule has 0 unspecified atom stereocenters. The van der Waals surface area contributed by atoms with Crippen molar-refractivity contribution in [1.29, 1.82) is 0 Å².